The Hall–Kier alpha value is -0.560. The van der Waals surface area contributed by atoms with Crippen LogP contribution < -0.4 is 0 Å². The Bertz CT molecular complexity index is 453. The predicted octanol–water partition coefficient (Wildman–Crippen LogP) is 2.88. The summed E-state index contributed by atoms with van der Waals surface area (Å²) in [5.41, 5.74) is -4.78. The summed E-state index contributed by atoms with van der Waals surface area (Å²) in [4.78, 5) is -0.730. The fourth-order valence-corrected chi connectivity index (χ4v) is 2.11. The van der Waals surface area contributed by atoms with E-state index in [-0.39, 0.29) is 0 Å². The highest BCUT2D eigenvalue weighted by atomic mass is 79.9. The first-order valence-electron chi connectivity index (χ1n) is 3.75. The maximum absolute atomic E-state index is 12.2. The lowest BCUT2D eigenvalue weighted by Crippen LogP contribution is -2.23. The molecule has 0 N–H and O–H groups in total. The minimum absolute atomic E-state index is 0.300. The van der Waals surface area contributed by atoms with Crippen molar-refractivity contribution in [1.82, 2.24) is 0 Å². The number of sulfone groups is 1. The molecule has 0 unspecified atom stereocenters. The van der Waals surface area contributed by atoms with Gasteiger partial charge in [0.25, 0.3) is 9.84 Å². The van der Waals surface area contributed by atoms with E-state index in [0.717, 1.165) is 12.1 Å². The Labute approximate surface area is 93.2 Å². The topological polar surface area (TPSA) is 34.1 Å². The van der Waals surface area contributed by atoms with E-state index in [0.29, 0.717) is 10.9 Å². The van der Waals surface area contributed by atoms with E-state index >= 15 is 0 Å². The molecule has 0 bridgehead atoms. The van der Waals surface area contributed by atoms with Crippen molar-refractivity contribution in [3.63, 3.8) is 0 Å². The number of benzene rings is 1. The van der Waals surface area contributed by atoms with Gasteiger partial charge in [-0.3, -0.25) is 0 Å². The van der Waals surface area contributed by atoms with Crippen LogP contribution in [0.25, 0.3) is 0 Å². The van der Waals surface area contributed by atoms with Crippen molar-refractivity contribution >= 4 is 25.8 Å². The van der Waals surface area contributed by atoms with Crippen LogP contribution in [0, 0.1) is 0 Å². The van der Waals surface area contributed by atoms with Crippen LogP contribution >= 0.6 is 15.9 Å². The van der Waals surface area contributed by atoms with E-state index < -0.39 is 20.2 Å². The van der Waals surface area contributed by atoms with Gasteiger partial charge in [-0.25, -0.2) is 8.42 Å². The molecule has 0 saturated carbocycles. The molecule has 15 heavy (non-hydrogen) atoms. The van der Waals surface area contributed by atoms with Crippen LogP contribution in [0.2, 0.25) is 0 Å². The van der Waals surface area contributed by atoms with Crippen molar-refractivity contribution in [2.45, 2.75) is 15.7 Å². The molecule has 84 valence electrons. The number of hydrogen-bond acceptors (Lipinski definition) is 2. The first-order valence-corrected chi connectivity index (χ1v) is 6.36. The van der Waals surface area contributed by atoms with Gasteiger partial charge in [-0.15, -0.1) is 0 Å². The molecule has 0 heterocycles. The molecule has 0 fully saturated rings. The zero-order chi connectivity index (χ0) is 11.7. The summed E-state index contributed by atoms with van der Waals surface area (Å²) in [5, 5.41) is 0.300. The van der Waals surface area contributed by atoms with Crippen molar-refractivity contribution in [3.05, 3.63) is 29.8 Å². The van der Waals surface area contributed by atoms with Crippen molar-refractivity contribution in [3.8, 4) is 0 Å². The summed E-state index contributed by atoms with van der Waals surface area (Å²) in [6, 6.07) is 4.73. The summed E-state index contributed by atoms with van der Waals surface area (Å²) in [6.45, 7) is 0. The average molecular weight is 303 g/mol. The summed E-state index contributed by atoms with van der Waals surface area (Å²) in [6.07, 6.45) is 0. The quantitative estimate of drug-likeness (QED) is 0.787. The lowest BCUT2D eigenvalue weighted by Gasteiger charge is -2.08. The molecule has 1 rings (SSSR count). The van der Waals surface area contributed by atoms with Gasteiger partial charge in [0.05, 0.1) is 4.90 Å². The van der Waals surface area contributed by atoms with E-state index in [9.17, 15) is 21.6 Å². The number of alkyl halides is 4. The van der Waals surface area contributed by atoms with Gasteiger partial charge in [-0.1, -0.05) is 28.1 Å². The smallest absolute Gasteiger partial charge is 0.214 e. The summed E-state index contributed by atoms with van der Waals surface area (Å²) in [5.74, 6) is 0. The van der Waals surface area contributed by atoms with Gasteiger partial charge in [0.1, 0.15) is 0 Å². The van der Waals surface area contributed by atoms with Crippen LogP contribution in [-0.2, 0) is 15.2 Å². The van der Waals surface area contributed by atoms with Gasteiger partial charge in [-0.2, -0.15) is 13.2 Å². The Kier molecular flexibility index (Phi) is 3.44. The van der Waals surface area contributed by atoms with Crippen molar-refractivity contribution in [2.24, 2.45) is 0 Å². The SMILES string of the molecule is O=S(=O)(c1cccc(CBr)c1)C(F)(F)F. The van der Waals surface area contributed by atoms with Gasteiger partial charge >= 0.3 is 5.51 Å². The summed E-state index contributed by atoms with van der Waals surface area (Å²) >= 11 is 3.03. The van der Waals surface area contributed by atoms with Gasteiger partial charge in [-0.05, 0) is 17.7 Å². The monoisotopic (exact) mass is 302 g/mol. The third-order valence-electron chi connectivity index (χ3n) is 1.67. The van der Waals surface area contributed by atoms with Crippen molar-refractivity contribution in [2.75, 3.05) is 0 Å². The number of halogens is 4. The van der Waals surface area contributed by atoms with Crippen LogP contribution in [0.15, 0.2) is 29.2 Å². The zero-order valence-corrected chi connectivity index (χ0v) is 9.66. The number of rotatable bonds is 2. The van der Waals surface area contributed by atoms with Gasteiger partial charge < -0.3 is 0 Å². The highest BCUT2D eigenvalue weighted by Gasteiger charge is 2.46. The van der Waals surface area contributed by atoms with Crippen LogP contribution in [0.1, 0.15) is 5.56 Å². The minimum atomic E-state index is -5.25. The zero-order valence-electron chi connectivity index (χ0n) is 7.25. The first-order chi connectivity index (χ1) is 6.79. The molecular formula is C8H6BrF3O2S. The van der Waals surface area contributed by atoms with E-state index in [4.69, 9.17) is 0 Å². The average Bonchev–Trinajstić information content (AvgIpc) is 2.16. The molecule has 0 saturated heterocycles. The molecule has 0 spiro atoms. The lowest BCUT2D eigenvalue weighted by molar-refractivity contribution is -0.0436. The highest BCUT2D eigenvalue weighted by molar-refractivity contribution is 9.08. The first kappa shape index (κ1) is 12.5. The summed E-state index contributed by atoms with van der Waals surface area (Å²) in [7, 11) is -5.23. The Morgan fingerprint density at radius 2 is 1.87 bits per heavy atom. The Morgan fingerprint density at radius 1 is 1.27 bits per heavy atom. The summed E-state index contributed by atoms with van der Waals surface area (Å²) < 4.78 is 58.4. The molecular weight excluding hydrogens is 297 g/mol. The molecule has 0 aromatic heterocycles. The fourth-order valence-electron chi connectivity index (χ4n) is 0.929. The second-order valence-corrected chi connectivity index (χ2v) is 5.23. The fraction of sp³-hybridized carbons (Fsp3) is 0.250. The molecule has 0 radical (unpaired) electrons. The Morgan fingerprint density at radius 3 is 2.33 bits per heavy atom. The molecule has 0 amide bonds. The minimum Gasteiger partial charge on any atom is -0.214 e. The maximum Gasteiger partial charge on any atom is 0.501 e. The number of hydrogen-bond donors (Lipinski definition) is 0. The van der Waals surface area contributed by atoms with Crippen LogP contribution in [0.4, 0.5) is 13.2 Å². The predicted molar refractivity (Wildman–Crippen MR) is 52.3 cm³/mol. The van der Waals surface area contributed by atoms with Gasteiger partial charge in [0, 0.05) is 5.33 Å². The maximum atomic E-state index is 12.2. The molecule has 0 aliphatic rings. The van der Waals surface area contributed by atoms with Gasteiger partial charge in [0.2, 0.25) is 0 Å². The van der Waals surface area contributed by atoms with E-state index in [2.05, 4.69) is 15.9 Å². The van der Waals surface area contributed by atoms with Crippen molar-refractivity contribution in [1.29, 1.82) is 0 Å². The van der Waals surface area contributed by atoms with E-state index in [1.165, 1.54) is 12.1 Å². The molecule has 0 aliphatic heterocycles. The molecule has 2 nitrogen and oxygen atoms in total. The second-order valence-electron chi connectivity index (χ2n) is 2.73. The largest absolute Gasteiger partial charge is 0.501 e. The normalized spacial score (nSPS) is 12.8. The molecule has 7 heteroatoms. The highest BCUT2D eigenvalue weighted by Crippen LogP contribution is 2.30. The van der Waals surface area contributed by atoms with Crippen molar-refractivity contribution < 1.29 is 21.6 Å². The Balaban J connectivity index is 3.29. The van der Waals surface area contributed by atoms with Crippen LogP contribution in [-0.4, -0.2) is 13.9 Å². The van der Waals surface area contributed by atoms with E-state index in [1.54, 1.807) is 0 Å². The van der Waals surface area contributed by atoms with Crippen LogP contribution in [0.5, 0.6) is 0 Å². The standard InChI is InChI=1S/C8H6BrF3O2S/c9-5-6-2-1-3-7(4-6)15(13,14)8(10,11)12/h1-4H,5H2. The van der Waals surface area contributed by atoms with Gasteiger partial charge in [0.15, 0.2) is 0 Å². The molecule has 0 aliphatic carbocycles. The molecule has 1 aromatic rings. The second kappa shape index (κ2) is 4.13. The third-order valence-corrected chi connectivity index (χ3v) is 3.80. The van der Waals surface area contributed by atoms with E-state index in [1.807, 2.05) is 0 Å². The third kappa shape index (κ3) is 2.52. The lowest BCUT2D eigenvalue weighted by atomic mass is 10.2. The van der Waals surface area contributed by atoms with Crippen LogP contribution in [0.3, 0.4) is 0 Å². The molecule has 1 aromatic carbocycles. The molecule has 0 atom stereocenters.